The average molecular weight is 558 g/mol. The van der Waals surface area contributed by atoms with Gasteiger partial charge in [0, 0.05) is 12.8 Å². The molecule has 2 aromatic rings. The summed E-state index contributed by atoms with van der Waals surface area (Å²) in [5.41, 5.74) is 1.92. The minimum absolute atomic E-state index is 0.160. The van der Waals surface area contributed by atoms with Gasteiger partial charge in [-0.05, 0) is 61.5 Å². The van der Waals surface area contributed by atoms with Crippen LogP contribution in [0.4, 0.5) is 14.9 Å². The molecule has 0 aliphatic carbocycles. The fraction of sp³-hybridized carbons (Fsp3) is 0.520. The highest BCUT2D eigenvalue weighted by Crippen LogP contribution is 2.36. The molecule has 0 fully saturated rings. The fourth-order valence-corrected chi connectivity index (χ4v) is 4.71. The van der Waals surface area contributed by atoms with Crippen LogP contribution in [0.25, 0.3) is 0 Å². The molecule has 2 rings (SSSR count). The van der Waals surface area contributed by atoms with Gasteiger partial charge >= 0.3 is 6.03 Å². The fourth-order valence-electron chi connectivity index (χ4n) is 3.22. The van der Waals surface area contributed by atoms with Gasteiger partial charge in [-0.3, -0.25) is 15.1 Å². The van der Waals surface area contributed by atoms with Gasteiger partial charge in [0.05, 0.1) is 16.9 Å². The van der Waals surface area contributed by atoms with Gasteiger partial charge in [-0.15, -0.1) is 0 Å². The van der Waals surface area contributed by atoms with E-state index in [4.69, 9.17) is 27.6 Å². The zero-order chi connectivity index (χ0) is 27.1. The molecule has 0 bridgehead atoms. The summed E-state index contributed by atoms with van der Waals surface area (Å²) in [5.74, 6) is -1.81. The van der Waals surface area contributed by atoms with E-state index >= 15 is 0 Å². The highest BCUT2D eigenvalue weighted by molar-refractivity contribution is 6.74. The van der Waals surface area contributed by atoms with Crippen LogP contribution in [-0.2, 0) is 17.3 Å². The molecule has 0 unspecified atom stereocenters. The summed E-state index contributed by atoms with van der Waals surface area (Å²) in [6.45, 7) is 13.8. The molecule has 2 heterocycles. The van der Waals surface area contributed by atoms with E-state index in [0.717, 1.165) is 36.6 Å². The van der Waals surface area contributed by atoms with Crippen molar-refractivity contribution in [2.75, 3.05) is 11.9 Å². The van der Waals surface area contributed by atoms with Gasteiger partial charge in [0.15, 0.2) is 19.3 Å². The van der Waals surface area contributed by atoms with Gasteiger partial charge in [-0.25, -0.2) is 14.2 Å². The third-order valence-corrected chi connectivity index (χ3v) is 11.4. The number of amides is 3. The topological polar surface area (TPSA) is 93.2 Å². The Balaban J connectivity index is 2.07. The maximum absolute atomic E-state index is 13.7. The van der Waals surface area contributed by atoms with Crippen molar-refractivity contribution in [3.05, 3.63) is 51.3 Å². The second-order valence-corrected chi connectivity index (χ2v) is 15.6. The molecule has 0 saturated carbocycles. The predicted octanol–water partition coefficient (Wildman–Crippen LogP) is 7.18. The number of pyridine rings is 2. The van der Waals surface area contributed by atoms with Crippen LogP contribution < -0.4 is 10.6 Å². The number of hydrogen-bond donors (Lipinski definition) is 2. The number of aryl methyl sites for hydroxylation is 2. The number of carbonyl (C=O) groups excluding carboxylic acids is 2. The normalized spacial score (nSPS) is 11.9. The first kappa shape index (κ1) is 30.2. The lowest BCUT2D eigenvalue weighted by Gasteiger charge is -2.36. The van der Waals surface area contributed by atoms with Crippen molar-refractivity contribution in [1.82, 2.24) is 15.3 Å². The smallest absolute Gasteiger partial charge is 0.326 e. The molecule has 198 valence electrons. The molecule has 2 N–H and O–H groups in total. The van der Waals surface area contributed by atoms with E-state index in [0.29, 0.717) is 25.1 Å². The number of imide groups is 1. The Kier molecular flexibility index (Phi) is 10.8. The second-order valence-electron chi connectivity index (χ2n) is 10.1. The van der Waals surface area contributed by atoms with Crippen LogP contribution >= 0.6 is 23.2 Å². The largest absolute Gasteiger partial charge is 0.417 e. The standard InChI is InChI=1S/C25H35Cl2FN4O3Si/c1-7-10-19-20(30-24(34)32-23(33)17-15-18(28)22(27)31-21(17)26)16(12-13-29-19)11-8-9-14-35-36(5,6)25(2,3)4/h12-13,15H,7-11,14H2,1-6H3,(H2,30,32,33,34). The van der Waals surface area contributed by atoms with E-state index in [9.17, 15) is 14.0 Å². The summed E-state index contributed by atoms with van der Waals surface area (Å²) >= 11 is 11.5. The summed E-state index contributed by atoms with van der Waals surface area (Å²) < 4.78 is 20.0. The Morgan fingerprint density at radius 3 is 2.47 bits per heavy atom. The molecule has 3 amide bonds. The minimum Gasteiger partial charge on any atom is -0.417 e. The zero-order valence-electron chi connectivity index (χ0n) is 21.7. The summed E-state index contributed by atoms with van der Waals surface area (Å²) in [6, 6.07) is 1.92. The lowest BCUT2D eigenvalue weighted by molar-refractivity contribution is 0.0966. The number of rotatable bonds is 10. The molecule has 2 aromatic heterocycles. The molecule has 0 aliphatic rings. The minimum atomic E-state index is -1.79. The number of nitrogens with one attached hydrogen (secondary N) is 2. The van der Waals surface area contributed by atoms with Crippen molar-refractivity contribution >= 4 is 49.1 Å². The van der Waals surface area contributed by atoms with Crippen molar-refractivity contribution < 1.29 is 18.4 Å². The molecule has 36 heavy (non-hydrogen) atoms. The first-order valence-corrected chi connectivity index (χ1v) is 15.7. The van der Waals surface area contributed by atoms with Crippen LogP contribution in [0.5, 0.6) is 0 Å². The van der Waals surface area contributed by atoms with Crippen LogP contribution in [0, 0.1) is 5.82 Å². The van der Waals surface area contributed by atoms with E-state index in [1.165, 1.54) is 0 Å². The Hall–Kier alpha value is -2.07. The Bertz CT molecular complexity index is 1090. The highest BCUT2D eigenvalue weighted by Gasteiger charge is 2.36. The number of unbranched alkanes of at least 4 members (excludes halogenated alkanes) is 1. The van der Waals surface area contributed by atoms with Gasteiger partial charge < -0.3 is 9.74 Å². The Labute approximate surface area is 223 Å². The van der Waals surface area contributed by atoms with Gasteiger partial charge in [-0.2, -0.15) is 0 Å². The van der Waals surface area contributed by atoms with E-state index in [1.807, 2.05) is 13.0 Å². The molecule has 0 aliphatic heterocycles. The summed E-state index contributed by atoms with van der Waals surface area (Å²) in [7, 11) is -1.79. The lowest BCUT2D eigenvalue weighted by Crippen LogP contribution is -2.40. The number of urea groups is 1. The number of anilines is 1. The number of carbonyl (C=O) groups is 2. The molecule has 11 heteroatoms. The first-order valence-electron chi connectivity index (χ1n) is 12.0. The Morgan fingerprint density at radius 2 is 1.83 bits per heavy atom. The van der Waals surface area contributed by atoms with Crippen molar-refractivity contribution in [1.29, 1.82) is 0 Å². The average Bonchev–Trinajstić information content (AvgIpc) is 2.77. The molecular weight excluding hydrogens is 522 g/mol. The summed E-state index contributed by atoms with van der Waals surface area (Å²) in [5, 5.41) is 4.32. The van der Waals surface area contributed by atoms with Gasteiger partial charge in [-0.1, -0.05) is 57.3 Å². The maximum atomic E-state index is 13.7. The second kappa shape index (κ2) is 12.9. The van der Waals surface area contributed by atoms with Crippen LogP contribution in [-0.4, -0.2) is 36.8 Å². The van der Waals surface area contributed by atoms with Gasteiger partial charge in [0.2, 0.25) is 0 Å². The van der Waals surface area contributed by atoms with Crippen LogP contribution in [0.2, 0.25) is 28.4 Å². The predicted molar refractivity (Wildman–Crippen MR) is 145 cm³/mol. The lowest BCUT2D eigenvalue weighted by atomic mass is 10.0. The first-order chi connectivity index (χ1) is 16.8. The summed E-state index contributed by atoms with van der Waals surface area (Å²) in [4.78, 5) is 33.1. The third-order valence-electron chi connectivity index (χ3n) is 6.31. The molecule has 0 saturated heterocycles. The zero-order valence-corrected chi connectivity index (χ0v) is 24.2. The van der Waals surface area contributed by atoms with E-state index in [1.54, 1.807) is 6.20 Å². The third kappa shape index (κ3) is 8.23. The molecular formula is C25H35Cl2FN4O3Si. The van der Waals surface area contributed by atoms with E-state index in [2.05, 4.69) is 54.5 Å². The number of aromatic nitrogens is 2. The van der Waals surface area contributed by atoms with Crippen molar-refractivity contribution in [3.63, 3.8) is 0 Å². The molecule has 0 spiro atoms. The number of halogens is 3. The van der Waals surface area contributed by atoms with Crippen LogP contribution in [0.3, 0.4) is 0 Å². The van der Waals surface area contributed by atoms with Crippen LogP contribution in [0.1, 0.15) is 68.6 Å². The van der Waals surface area contributed by atoms with Gasteiger partial charge in [0.25, 0.3) is 5.91 Å². The van der Waals surface area contributed by atoms with Crippen molar-refractivity contribution in [2.45, 2.75) is 77.9 Å². The number of nitrogens with zero attached hydrogens (tertiary/aromatic N) is 2. The van der Waals surface area contributed by atoms with E-state index in [-0.39, 0.29) is 15.8 Å². The summed E-state index contributed by atoms with van der Waals surface area (Å²) in [6.07, 6.45) is 5.67. The monoisotopic (exact) mass is 556 g/mol. The quantitative estimate of drug-likeness (QED) is 0.183. The molecule has 0 radical (unpaired) electrons. The van der Waals surface area contributed by atoms with Gasteiger partial charge in [0.1, 0.15) is 5.15 Å². The Morgan fingerprint density at radius 1 is 1.14 bits per heavy atom. The van der Waals surface area contributed by atoms with Crippen LogP contribution in [0.15, 0.2) is 18.3 Å². The SMILES string of the molecule is CCCc1nccc(CCCCO[Si](C)(C)C(C)(C)C)c1NC(=O)NC(=O)c1cc(F)c(Cl)nc1Cl. The molecule has 0 aromatic carbocycles. The number of hydrogen-bond acceptors (Lipinski definition) is 5. The molecule has 7 nitrogen and oxygen atoms in total. The van der Waals surface area contributed by atoms with Crippen molar-refractivity contribution in [2.24, 2.45) is 0 Å². The van der Waals surface area contributed by atoms with E-state index < -0.39 is 31.2 Å². The molecule has 0 atom stereocenters. The van der Waals surface area contributed by atoms with Crippen molar-refractivity contribution in [3.8, 4) is 0 Å². The highest BCUT2D eigenvalue weighted by atomic mass is 35.5. The maximum Gasteiger partial charge on any atom is 0.326 e.